The number of ether oxygens (including phenoxy) is 1. The van der Waals surface area contributed by atoms with Gasteiger partial charge in [-0.05, 0) is 23.8 Å². The molecule has 2 aliphatic rings. The number of sulfonamides is 1. The molecule has 0 saturated carbocycles. The summed E-state index contributed by atoms with van der Waals surface area (Å²) in [6.07, 6.45) is 0. The topological polar surface area (TPSA) is 96.2 Å². The van der Waals surface area contributed by atoms with Crippen LogP contribution >= 0.6 is 11.6 Å². The average Bonchev–Trinajstić information content (AvgIpc) is 2.81. The minimum atomic E-state index is -3.88. The summed E-state index contributed by atoms with van der Waals surface area (Å²) < 4.78 is 33.3. The molecular weight excluding hydrogens is 456 g/mol. The minimum absolute atomic E-state index is 0.0141. The number of morpholine rings is 1. The monoisotopic (exact) mass is 480 g/mol. The van der Waals surface area contributed by atoms with E-state index in [1.54, 1.807) is 6.07 Å². The number of anilines is 1. The van der Waals surface area contributed by atoms with Crippen LogP contribution in [-0.2, 0) is 21.3 Å². The number of piperazine rings is 1. The van der Waals surface area contributed by atoms with Crippen molar-refractivity contribution >= 4 is 33.0 Å². The van der Waals surface area contributed by atoms with Crippen molar-refractivity contribution < 1.29 is 18.1 Å². The van der Waals surface area contributed by atoms with Gasteiger partial charge in [0.15, 0.2) is 0 Å². The molecule has 2 aromatic rings. The fraction of sp³-hybridized carbons (Fsp3) is 0.429. The summed E-state index contributed by atoms with van der Waals surface area (Å²) in [5.41, 5.74) is 1.43. The van der Waals surface area contributed by atoms with E-state index in [1.807, 2.05) is 29.2 Å². The molecule has 0 radical (unpaired) electrons. The van der Waals surface area contributed by atoms with E-state index in [9.17, 15) is 18.5 Å². The number of non-ortho nitro benzene ring substituents is 1. The molecule has 0 amide bonds. The molecule has 32 heavy (non-hydrogen) atoms. The molecule has 0 N–H and O–H groups in total. The highest BCUT2D eigenvalue weighted by molar-refractivity contribution is 7.89. The summed E-state index contributed by atoms with van der Waals surface area (Å²) in [6.45, 7) is 4.62. The van der Waals surface area contributed by atoms with Gasteiger partial charge in [-0.15, -0.1) is 0 Å². The van der Waals surface area contributed by atoms with Crippen LogP contribution in [0.3, 0.4) is 0 Å². The maximum absolute atomic E-state index is 13.4. The van der Waals surface area contributed by atoms with Crippen molar-refractivity contribution in [2.45, 2.75) is 11.4 Å². The van der Waals surface area contributed by atoms with Gasteiger partial charge in [-0.2, -0.15) is 4.31 Å². The van der Waals surface area contributed by atoms with E-state index in [1.165, 1.54) is 16.4 Å². The van der Waals surface area contributed by atoms with E-state index < -0.39 is 14.9 Å². The summed E-state index contributed by atoms with van der Waals surface area (Å²) in [6, 6.07) is 11.8. The van der Waals surface area contributed by atoms with Crippen LogP contribution < -0.4 is 4.90 Å². The summed E-state index contributed by atoms with van der Waals surface area (Å²) in [4.78, 5) is 15.0. The lowest BCUT2D eigenvalue weighted by atomic mass is 10.2. The molecule has 2 fully saturated rings. The standard InChI is InChI=1S/C21H25ClN4O5S/c22-18-3-1-17(2-4-18)16-23-7-9-24(10-8-23)20-6-5-19(26(27)28)15-21(20)32(29,30)25-11-13-31-14-12-25/h1-6,15H,7-14,16H2. The van der Waals surface area contributed by atoms with E-state index in [2.05, 4.69) is 4.90 Å². The Kier molecular flexibility index (Phi) is 6.96. The van der Waals surface area contributed by atoms with Crippen LogP contribution in [0.1, 0.15) is 5.56 Å². The van der Waals surface area contributed by atoms with Crippen LogP contribution in [0.2, 0.25) is 5.02 Å². The second kappa shape index (κ2) is 9.72. The lowest BCUT2D eigenvalue weighted by Crippen LogP contribution is -2.47. The molecule has 2 aliphatic heterocycles. The maximum Gasteiger partial charge on any atom is 0.270 e. The Labute approximate surface area is 192 Å². The molecule has 2 saturated heterocycles. The van der Waals surface area contributed by atoms with Gasteiger partial charge in [0, 0.05) is 63.0 Å². The van der Waals surface area contributed by atoms with Crippen molar-refractivity contribution in [3.05, 3.63) is 63.2 Å². The first-order valence-electron chi connectivity index (χ1n) is 10.4. The van der Waals surface area contributed by atoms with Gasteiger partial charge in [0.25, 0.3) is 5.69 Å². The maximum atomic E-state index is 13.4. The Morgan fingerprint density at radius 1 is 0.969 bits per heavy atom. The fourth-order valence-electron chi connectivity index (χ4n) is 4.01. The van der Waals surface area contributed by atoms with Crippen LogP contribution in [0, 0.1) is 10.1 Å². The van der Waals surface area contributed by atoms with E-state index in [0.717, 1.165) is 25.2 Å². The molecule has 4 rings (SSSR count). The first-order chi connectivity index (χ1) is 15.3. The van der Waals surface area contributed by atoms with Gasteiger partial charge in [-0.3, -0.25) is 15.0 Å². The minimum Gasteiger partial charge on any atom is -0.379 e. The van der Waals surface area contributed by atoms with Gasteiger partial charge >= 0.3 is 0 Å². The highest BCUT2D eigenvalue weighted by Gasteiger charge is 2.32. The zero-order valence-corrected chi connectivity index (χ0v) is 19.1. The van der Waals surface area contributed by atoms with Crippen LogP contribution in [0.4, 0.5) is 11.4 Å². The summed E-state index contributed by atoms with van der Waals surface area (Å²) >= 11 is 5.96. The van der Waals surface area contributed by atoms with Crippen molar-refractivity contribution in [2.24, 2.45) is 0 Å². The number of nitro benzene ring substituents is 1. The lowest BCUT2D eigenvalue weighted by molar-refractivity contribution is -0.385. The molecule has 2 aromatic carbocycles. The number of benzene rings is 2. The van der Waals surface area contributed by atoms with Gasteiger partial charge < -0.3 is 9.64 Å². The van der Waals surface area contributed by atoms with E-state index >= 15 is 0 Å². The molecule has 2 heterocycles. The lowest BCUT2D eigenvalue weighted by Gasteiger charge is -2.37. The normalized spacial score (nSPS) is 18.6. The van der Waals surface area contributed by atoms with Crippen LogP contribution in [-0.4, -0.2) is 75.0 Å². The third kappa shape index (κ3) is 5.05. The molecule has 9 nitrogen and oxygen atoms in total. The van der Waals surface area contributed by atoms with Crippen LogP contribution in [0.5, 0.6) is 0 Å². The van der Waals surface area contributed by atoms with Crippen LogP contribution in [0.25, 0.3) is 0 Å². The highest BCUT2D eigenvalue weighted by Crippen LogP contribution is 2.32. The van der Waals surface area contributed by atoms with E-state index in [-0.39, 0.29) is 23.7 Å². The first kappa shape index (κ1) is 22.9. The SMILES string of the molecule is O=[N+]([O-])c1ccc(N2CCN(Cc3ccc(Cl)cc3)CC2)c(S(=O)(=O)N2CCOCC2)c1. The molecule has 11 heteroatoms. The number of rotatable bonds is 6. The summed E-state index contributed by atoms with van der Waals surface area (Å²) in [7, 11) is -3.88. The largest absolute Gasteiger partial charge is 0.379 e. The Morgan fingerprint density at radius 2 is 1.62 bits per heavy atom. The predicted molar refractivity (Wildman–Crippen MR) is 122 cm³/mol. The van der Waals surface area contributed by atoms with Crippen molar-refractivity contribution in [1.82, 2.24) is 9.21 Å². The quantitative estimate of drug-likeness (QED) is 0.463. The Balaban J connectivity index is 1.54. The van der Waals surface area contributed by atoms with Gasteiger partial charge in [0.1, 0.15) is 4.90 Å². The molecular formula is C21H25ClN4O5S. The fourth-order valence-corrected chi connectivity index (χ4v) is 5.77. The van der Waals surface area contributed by atoms with Gasteiger partial charge in [0.05, 0.1) is 23.8 Å². The molecule has 0 aliphatic carbocycles. The summed E-state index contributed by atoms with van der Waals surface area (Å²) in [5, 5.41) is 12.0. The molecule has 0 bridgehead atoms. The van der Waals surface area contributed by atoms with Gasteiger partial charge in [-0.25, -0.2) is 8.42 Å². The zero-order valence-electron chi connectivity index (χ0n) is 17.5. The number of hydrogen-bond acceptors (Lipinski definition) is 7. The average molecular weight is 481 g/mol. The van der Waals surface area contributed by atoms with E-state index in [0.29, 0.717) is 37.0 Å². The second-order valence-electron chi connectivity index (χ2n) is 7.82. The smallest absolute Gasteiger partial charge is 0.270 e. The third-order valence-corrected chi connectivity index (χ3v) is 7.95. The van der Waals surface area contributed by atoms with Crippen molar-refractivity contribution in [2.75, 3.05) is 57.4 Å². The third-order valence-electron chi connectivity index (χ3n) is 5.77. The van der Waals surface area contributed by atoms with Crippen molar-refractivity contribution in [1.29, 1.82) is 0 Å². The Morgan fingerprint density at radius 3 is 2.25 bits per heavy atom. The van der Waals surface area contributed by atoms with Crippen LogP contribution in [0.15, 0.2) is 47.4 Å². The number of nitrogens with zero attached hydrogens (tertiary/aromatic N) is 4. The highest BCUT2D eigenvalue weighted by atomic mass is 35.5. The van der Waals surface area contributed by atoms with E-state index in [4.69, 9.17) is 16.3 Å². The Bertz CT molecular complexity index is 1070. The molecule has 0 unspecified atom stereocenters. The van der Waals surface area contributed by atoms with Crippen molar-refractivity contribution in [3.8, 4) is 0 Å². The Hall–Kier alpha value is -2.24. The van der Waals surface area contributed by atoms with Gasteiger partial charge in [0.2, 0.25) is 10.0 Å². The molecule has 0 spiro atoms. The predicted octanol–water partition coefficient (Wildman–Crippen LogP) is 2.59. The zero-order chi connectivity index (χ0) is 22.7. The number of hydrogen-bond donors (Lipinski definition) is 0. The second-order valence-corrected chi connectivity index (χ2v) is 10.2. The van der Waals surface area contributed by atoms with Crippen molar-refractivity contribution in [3.63, 3.8) is 0 Å². The number of halogens is 1. The summed E-state index contributed by atoms with van der Waals surface area (Å²) in [5.74, 6) is 0. The number of nitro groups is 1. The van der Waals surface area contributed by atoms with Gasteiger partial charge in [-0.1, -0.05) is 23.7 Å². The molecule has 0 aromatic heterocycles. The molecule has 0 atom stereocenters. The first-order valence-corrected chi connectivity index (χ1v) is 12.2. The molecule has 172 valence electrons.